The minimum atomic E-state index is -0.343. The second-order valence-corrected chi connectivity index (χ2v) is 6.53. The molecule has 0 atom stereocenters. The van der Waals surface area contributed by atoms with Crippen molar-refractivity contribution in [3.63, 3.8) is 0 Å². The summed E-state index contributed by atoms with van der Waals surface area (Å²) in [4.78, 5) is 32.4. The topological polar surface area (TPSA) is 85.1 Å². The van der Waals surface area contributed by atoms with E-state index in [1.54, 1.807) is 29.9 Å². The molecule has 4 rings (SSSR count). The number of rotatable bonds is 3. The average molecular weight is 383 g/mol. The third kappa shape index (κ3) is 3.33. The van der Waals surface area contributed by atoms with Gasteiger partial charge in [-0.05, 0) is 31.2 Å². The van der Waals surface area contributed by atoms with Gasteiger partial charge in [0.2, 0.25) is 5.71 Å². The summed E-state index contributed by atoms with van der Waals surface area (Å²) in [5.41, 5.74) is 1.15. The molecule has 28 heavy (non-hydrogen) atoms. The number of hydrogen-bond donors (Lipinski definition) is 0. The Morgan fingerprint density at radius 1 is 1.07 bits per heavy atom. The van der Waals surface area contributed by atoms with Crippen LogP contribution in [0.1, 0.15) is 17.5 Å². The fourth-order valence-corrected chi connectivity index (χ4v) is 3.30. The number of amides is 2. The maximum atomic E-state index is 12.8. The summed E-state index contributed by atoms with van der Waals surface area (Å²) >= 11 is 0. The van der Waals surface area contributed by atoms with Crippen molar-refractivity contribution in [1.82, 2.24) is 14.8 Å². The molecule has 0 bridgehead atoms. The molecule has 1 saturated heterocycles. The second-order valence-electron chi connectivity index (χ2n) is 6.53. The van der Waals surface area contributed by atoms with E-state index in [1.807, 2.05) is 24.3 Å². The highest BCUT2D eigenvalue weighted by atomic mass is 16.6. The molecular formula is C20H21N3O5. The number of fused-ring (bicyclic) bond motifs is 2. The molecule has 1 aliphatic rings. The van der Waals surface area contributed by atoms with Gasteiger partial charge in [0.15, 0.2) is 5.76 Å². The summed E-state index contributed by atoms with van der Waals surface area (Å²) in [5, 5.41) is 1.71. The highest BCUT2D eigenvalue weighted by Gasteiger charge is 2.27. The molecule has 1 aromatic carbocycles. The number of hydrogen-bond acceptors (Lipinski definition) is 6. The molecule has 0 saturated carbocycles. The number of piperazine rings is 1. The Morgan fingerprint density at radius 2 is 1.82 bits per heavy atom. The molecule has 0 aliphatic carbocycles. The lowest BCUT2D eigenvalue weighted by Crippen LogP contribution is -2.50. The van der Waals surface area contributed by atoms with E-state index < -0.39 is 0 Å². The van der Waals surface area contributed by atoms with Crippen LogP contribution in [-0.4, -0.2) is 66.7 Å². The van der Waals surface area contributed by atoms with Gasteiger partial charge in [-0.25, -0.2) is 9.78 Å². The fraction of sp³-hybridized carbons (Fsp3) is 0.350. The molecule has 0 radical (unpaired) electrons. The maximum absolute atomic E-state index is 12.8. The van der Waals surface area contributed by atoms with Crippen LogP contribution in [0, 0.1) is 0 Å². The number of ether oxygens (including phenoxy) is 2. The van der Waals surface area contributed by atoms with E-state index in [1.165, 1.54) is 0 Å². The van der Waals surface area contributed by atoms with Crippen molar-refractivity contribution >= 4 is 34.0 Å². The Kier molecular flexibility index (Phi) is 4.77. The summed E-state index contributed by atoms with van der Waals surface area (Å²) in [6.45, 7) is 3.85. The van der Waals surface area contributed by atoms with Gasteiger partial charge in [-0.15, -0.1) is 0 Å². The zero-order valence-electron chi connectivity index (χ0n) is 15.8. The first-order chi connectivity index (χ1) is 13.6. The van der Waals surface area contributed by atoms with E-state index in [-0.39, 0.29) is 17.8 Å². The molecule has 1 aliphatic heterocycles. The maximum Gasteiger partial charge on any atom is 0.409 e. The van der Waals surface area contributed by atoms with E-state index >= 15 is 0 Å². The molecular weight excluding hydrogens is 362 g/mol. The molecule has 0 unspecified atom stereocenters. The molecule has 2 amide bonds. The van der Waals surface area contributed by atoms with Crippen molar-refractivity contribution < 1.29 is 23.5 Å². The monoisotopic (exact) mass is 383 g/mol. The van der Waals surface area contributed by atoms with Crippen LogP contribution in [0.2, 0.25) is 0 Å². The summed E-state index contributed by atoms with van der Waals surface area (Å²) < 4.78 is 16.0. The summed E-state index contributed by atoms with van der Waals surface area (Å²) in [7, 11) is 1.60. The third-order valence-corrected chi connectivity index (χ3v) is 4.81. The van der Waals surface area contributed by atoms with Crippen molar-refractivity contribution in [2.45, 2.75) is 6.92 Å². The lowest BCUT2D eigenvalue weighted by atomic mass is 10.2. The lowest BCUT2D eigenvalue weighted by Gasteiger charge is -2.33. The predicted molar refractivity (Wildman–Crippen MR) is 103 cm³/mol. The van der Waals surface area contributed by atoms with Crippen LogP contribution < -0.4 is 4.74 Å². The van der Waals surface area contributed by atoms with E-state index in [4.69, 9.17) is 13.9 Å². The first-order valence-corrected chi connectivity index (χ1v) is 9.18. The van der Waals surface area contributed by atoms with E-state index in [2.05, 4.69) is 4.98 Å². The molecule has 0 N–H and O–H groups in total. The van der Waals surface area contributed by atoms with Crippen LogP contribution in [0.25, 0.3) is 22.0 Å². The number of methoxy groups -OCH3 is 1. The van der Waals surface area contributed by atoms with E-state index in [9.17, 15) is 9.59 Å². The highest BCUT2D eigenvalue weighted by Crippen LogP contribution is 2.26. The van der Waals surface area contributed by atoms with Crippen LogP contribution >= 0.6 is 0 Å². The average Bonchev–Trinajstić information content (AvgIpc) is 3.14. The first kappa shape index (κ1) is 18.1. The summed E-state index contributed by atoms with van der Waals surface area (Å²) in [5.74, 6) is 0.749. The van der Waals surface area contributed by atoms with Crippen molar-refractivity contribution in [2.75, 3.05) is 39.9 Å². The molecule has 8 nitrogen and oxygen atoms in total. The number of furan rings is 1. The summed E-state index contributed by atoms with van der Waals surface area (Å²) in [6, 6.07) is 9.27. The Bertz CT molecular complexity index is 1040. The van der Waals surface area contributed by atoms with Gasteiger partial charge in [0.25, 0.3) is 5.91 Å². The quantitative estimate of drug-likeness (QED) is 0.691. The third-order valence-electron chi connectivity index (χ3n) is 4.81. The Labute approximate surface area is 161 Å². The fourth-order valence-electron chi connectivity index (χ4n) is 3.30. The Balaban J connectivity index is 1.53. The zero-order chi connectivity index (χ0) is 19.7. The van der Waals surface area contributed by atoms with Crippen LogP contribution in [0.15, 0.2) is 34.7 Å². The van der Waals surface area contributed by atoms with Gasteiger partial charge in [-0.2, -0.15) is 0 Å². The van der Waals surface area contributed by atoms with Gasteiger partial charge < -0.3 is 23.7 Å². The normalized spacial score (nSPS) is 14.5. The molecule has 8 heteroatoms. The molecule has 3 aromatic rings. The summed E-state index contributed by atoms with van der Waals surface area (Å²) in [6.07, 6.45) is -0.343. The van der Waals surface area contributed by atoms with Crippen LogP contribution in [0.3, 0.4) is 0 Å². The number of benzene rings is 1. The highest BCUT2D eigenvalue weighted by molar-refractivity contribution is 5.98. The van der Waals surface area contributed by atoms with Gasteiger partial charge in [-0.1, -0.05) is 0 Å². The van der Waals surface area contributed by atoms with Crippen LogP contribution in [-0.2, 0) is 4.74 Å². The minimum absolute atomic E-state index is 0.205. The van der Waals surface area contributed by atoms with Gasteiger partial charge in [0.1, 0.15) is 5.75 Å². The SMILES string of the molecule is CCOC(=O)N1CCN(C(=O)c2cc3cc4ccc(OC)cc4nc3o2)CC1. The largest absolute Gasteiger partial charge is 0.497 e. The van der Waals surface area contributed by atoms with E-state index in [0.717, 1.165) is 16.3 Å². The number of aromatic nitrogens is 1. The number of carbonyl (C=O) groups excluding carboxylic acids is 2. The number of nitrogens with zero attached hydrogens (tertiary/aromatic N) is 3. The second kappa shape index (κ2) is 7.38. The van der Waals surface area contributed by atoms with Crippen molar-refractivity contribution in [3.8, 4) is 5.75 Å². The molecule has 146 valence electrons. The van der Waals surface area contributed by atoms with Crippen molar-refractivity contribution in [3.05, 3.63) is 36.1 Å². The molecule has 3 heterocycles. The van der Waals surface area contributed by atoms with Crippen molar-refractivity contribution in [2.24, 2.45) is 0 Å². The van der Waals surface area contributed by atoms with Gasteiger partial charge in [0.05, 0.1) is 19.2 Å². The predicted octanol–water partition coefficient (Wildman–Crippen LogP) is 2.90. The Hall–Kier alpha value is -3.29. The van der Waals surface area contributed by atoms with Gasteiger partial charge in [0, 0.05) is 43.0 Å². The first-order valence-electron chi connectivity index (χ1n) is 9.18. The lowest BCUT2D eigenvalue weighted by molar-refractivity contribution is 0.0548. The van der Waals surface area contributed by atoms with Gasteiger partial charge >= 0.3 is 6.09 Å². The minimum Gasteiger partial charge on any atom is -0.497 e. The van der Waals surface area contributed by atoms with E-state index in [0.29, 0.717) is 44.2 Å². The molecule has 2 aromatic heterocycles. The zero-order valence-corrected chi connectivity index (χ0v) is 15.8. The van der Waals surface area contributed by atoms with Crippen LogP contribution in [0.4, 0.5) is 4.79 Å². The standard InChI is InChI=1S/C20H21N3O5/c1-3-27-20(25)23-8-6-22(7-9-23)19(24)17-11-14-10-13-4-5-15(26-2)12-16(13)21-18(14)28-17/h4-5,10-12H,3,6-9H2,1-2H3. The van der Waals surface area contributed by atoms with Crippen LogP contribution in [0.5, 0.6) is 5.75 Å². The number of pyridine rings is 1. The number of carbonyl (C=O) groups is 2. The Morgan fingerprint density at radius 3 is 2.54 bits per heavy atom. The van der Waals surface area contributed by atoms with Crippen molar-refractivity contribution in [1.29, 1.82) is 0 Å². The molecule has 0 spiro atoms. The van der Waals surface area contributed by atoms with Gasteiger partial charge in [-0.3, -0.25) is 4.79 Å². The molecule has 1 fully saturated rings. The smallest absolute Gasteiger partial charge is 0.409 e.